The minimum atomic E-state index is -3.84. The van der Waals surface area contributed by atoms with Gasteiger partial charge in [0.2, 0.25) is 5.82 Å². The van der Waals surface area contributed by atoms with Crippen LogP contribution in [0.2, 0.25) is 0 Å². The quantitative estimate of drug-likeness (QED) is 0.492. The number of aromatic nitrogens is 3. The predicted octanol–water partition coefficient (Wildman–Crippen LogP) is 4.92. The van der Waals surface area contributed by atoms with Gasteiger partial charge in [0.05, 0.1) is 17.0 Å². The molecule has 4 rings (SSSR count). The Bertz CT molecular complexity index is 1340. The zero-order valence-electron chi connectivity index (χ0n) is 19.5. The zero-order valence-corrected chi connectivity index (χ0v) is 19.5. The first-order valence-electron chi connectivity index (χ1n) is 10.9. The molecule has 0 unspecified atom stereocenters. The van der Waals surface area contributed by atoms with Gasteiger partial charge in [-0.2, -0.15) is 13.2 Å². The molecule has 0 spiro atoms. The van der Waals surface area contributed by atoms with Crippen LogP contribution in [0.1, 0.15) is 63.5 Å². The molecular weight excluding hydrogens is 452 g/mol. The van der Waals surface area contributed by atoms with E-state index in [-0.39, 0.29) is 28.1 Å². The number of rotatable bonds is 6. The predicted molar refractivity (Wildman–Crippen MR) is 120 cm³/mol. The van der Waals surface area contributed by atoms with Crippen LogP contribution in [0.25, 0.3) is 10.9 Å². The van der Waals surface area contributed by atoms with Crippen LogP contribution in [-0.4, -0.2) is 25.2 Å². The SMILES string of the molecule is Cc1nc(N[C@H](C)c2cccc(C(F)(F)C(C)(C)O)c2F)c2cn(C3(C)CC3)c(=O)c(F)c2n1. The fourth-order valence-electron chi connectivity index (χ4n) is 3.94. The highest BCUT2D eigenvalue weighted by Crippen LogP contribution is 2.43. The maximum absolute atomic E-state index is 15.2. The lowest BCUT2D eigenvalue weighted by Gasteiger charge is -2.30. The summed E-state index contributed by atoms with van der Waals surface area (Å²) in [7, 11) is 0. The average molecular weight is 478 g/mol. The van der Waals surface area contributed by atoms with Crippen LogP contribution in [0.3, 0.4) is 0 Å². The molecule has 3 aromatic rings. The topological polar surface area (TPSA) is 80.0 Å². The van der Waals surface area contributed by atoms with Crippen molar-refractivity contribution in [1.29, 1.82) is 0 Å². The van der Waals surface area contributed by atoms with Gasteiger partial charge in [-0.25, -0.2) is 14.4 Å². The van der Waals surface area contributed by atoms with Gasteiger partial charge >= 0.3 is 5.92 Å². The third kappa shape index (κ3) is 3.83. The van der Waals surface area contributed by atoms with Gasteiger partial charge in [0.15, 0.2) is 0 Å². The van der Waals surface area contributed by atoms with E-state index in [0.29, 0.717) is 0 Å². The third-order valence-corrected chi connectivity index (χ3v) is 6.44. The van der Waals surface area contributed by atoms with Crippen molar-refractivity contribution in [1.82, 2.24) is 14.5 Å². The summed E-state index contributed by atoms with van der Waals surface area (Å²) in [5.41, 5.74) is -4.95. The molecule has 1 aromatic carbocycles. The Morgan fingerprint density at radius 3 is 2.41 bits per heavy atom. The lowest BCUT2D eigenvalue weighted by atomic mass is 9.91. The van der Waals surface area contributed by atoms with E-state index in [1.54, 1.807) is 6.92 Å². The van der Waals surface area contributed by atoms with E-state index < -0.39 is 45.9 Å². The molecule has 0 bridgehead atoms. The summed E-state index contributed by atoms with van der Waals surface area (Å²) < 4.78 is 60.9. The molecule has 2 aromatic heterocycles. The molecule has 1 aliphatic carbocycles. The van der Waals surface area contributed by atoms with E-state index in [1.165, 1.54) is 29.8 Å². The first kappa shape index (κ1) is 24.1. The first-order valence-corrected chi connectivity index (χ1v) is 10.9. The van der Waals surface area contributed by atoms with E-state index in [0.717, 1.165) is 32.8 Å². The molecule has 34 heavy (non-hydrogen) atoms. The number of benzene rings is 1. The second-order valence-electron chi connectivity index (χ2n) is 9.71. The fourth-order valence-corrected chi connectivity index (χ4v) is 3.94. The first-order chi connectivity index (χ1) is 15.7. The van der Waals surface area contributed by atoms with Gasteiger partial charge in [0.1, 0.15) is 28.6 Å². The third-order valence-electron chi connectivity index (χ3n) is 6.44. The van der Waals surface area contributed by atoms with E-state index in [9.17, 15) is 23.1 Å². The van der Waals surface area contributed by atoms with Crippen molar-refractivity contribution in [3.63, 3.8) is 0 Å². The van der Waals surface area contributed by atoms with Crippen molar-refractivity contribution in [2.24, 2.45) is 0 Å². The second kappa shape index (κ2) is 7.76. The molecule has 0 aliphatic heterocycles. The molecule has 10 heteroatoms. The standard InChI is InChI=1S/C24H26F4N4O2/c1-12(14-7-6-8-16(17(14)25)24(27,28)22(3,4)34)29-20-15-11-32(23(5)9-10-23)21(33)18(26)19(15)30-13(2)31-20/h6-8,11-12,34H,9-10H2,1-5H3,(H,29,30,31)/t12-/m1/s1. The van der Waals surface area contributed by atoms with E-state index in [4.69, 9.17) is 0 Å². The van der Waals surface area contributed by atoms with E-state index >= 15 is 4.39 Å². The van der Waals surface area contributed by atoms with Crippen molar-refractivity contribution in [3.05, 3.63) is 63.3 Å². The van der Waals surface area contributed by atoms with Crippen LogP contribution in [-0.2, 0) is 11.5 Å². The number of nitrogens with one attached hydrogen (secondary N) is 1. The summed E-state index contributed by atoms with van der Waals surface area (Å²) in [6, 6.07) is 2.68. The van der Waals surface area contributed by atoms with Crippen molar-refractivity contribution in [3.8, 4) is 0 Å². The Morgan fingerprint density at radius 2 is 1.82 bits per heavy atom. The summed E-state index contributed by atoms with van der Waals surface area (Å²) in [5.74, 6) is -5.70. The molecular formula is C24H26F4N4O2. The average Bonchev–Trinajstić information content (AvgIpc) is 3.48. The highest BCUT2D eigenvalue weighted by molar-refractivity contribution is 5.89. The van der Waals surface area contributed by atoms with E-state index in [2.05, 4.69) is 15.3 Å². The molecule has 6 nitrogen and oxygen atoms in total. The highest BCUT2D eigenvalue weighted by Gasteiger charge is 2.49. The number of anilines is 1. The number of hydrogen-bond acceptors (Lipinski definition) is 5. The van der Waals surface area contributed by atoms with Crippen LogP contribution in [0.4, 0.5) is 23.4 Å². The lowest BCUT2D eigenvalue weighted by molar-refractivity contribution is -0.170. The number of aliphatic hydroxyl groups is 1. The molecule has 2 N–H and O–H groups in total. The Balaban J connectivity index is 1.80. The van der Waals surface area contributed by atoms with Crippen LogP contribution < -0.4 is 10.9 Å². The summed E-state index contributed by atoms with van der Waals surface area (Å²) in [6.07, 6.45) is 2.92. The second-order valence-corrected chi connectivity index (χ2v) is 9.71. The Kier molecular flexibility index (Phi) is 5.51. The highest BCUT2D eigenvalue weighted by atomic mass is 19.3. The lowest BCUT2D eigenvalue weighted by Crippen LogP contribution is -2.41. The normalized spacial score (nSPS) is 16.5. The van der Waals surface area contributed by atoms with Gasteiger partial charge in [0.25, 0.3) is 5.56 Å². The Labute approximate surface area is 193 Å². The van der Waals surface area contributed by atoms with Crippen LogP contribution >= 0.6 is 0 Å². The molecule has 1 fully saturated rings. The van der Waals surface area contributed by atoms with Gasteiger partial charge in [-0.3, -0.25) is 4.79 Å². The van der Waals surface area contributed by atoms with E-state index in [1.807, 2.05) is 6.92 Å². The largest absolute Gasteiger partial charge is 0.384 e. The van der Waals surface area contributed by atoms with Gasteiger partial charge in [0, 0.05) is 17.3 Å². The minimum Gasteiger partial charge on any atom is -0.384 e. The number of alkyl halides is 2. The smallest absolute Gasteiger partial charge is 0.303 e. The fraction of sp³-hybridized carbons (Fsp3) is 0.458. The Hall–Kier alpha value is -3.01. The van der Waals surface area contributed by atoms with Crippen LogP contribution in [0, 0.1) is 18.6 Å². The molecule has 0 amide bonds. The molecule has 1 saturated carbocycles. The van der Waals surface area contributed by atoms with Gasteiger partial charge in [-0.05, 0) is 53.5 Å². The zero-order chi connectivity index (χ0) is 25.2. The maximum Gasteiger partial charge on any atom is 0.303 e. The van der Waals surface area contributed by atoms with Crippen molar-refractivity contribution in [2.75, 3.05) is 5.32 Å². The molecule has 1 aliphatic rings. The molecule has 0 saturated heterocycles. The summed E-state index contributed by atoms with van der Waals surface area (Å²) in [5, 5.41) is 13.1. The molecule has 0 radical (unpaired) electrons. The Morgan fingerprint density at radius 1 is 1.18 bits per heavy atom. The number of aryl methyl sites for hydroxylation is 1. The van der Waals surface area contributed by atoms with Crippen molar-refractivity contribution >= 4 is 16.7 Å². The molecule has 182 valence electrons. The number of fused-ring (bicyclic) bond motifs is 1. The van der Waals surface area contributed by atoms with Crippen LogP contribution in [0.15, 0.2) is 29.2 Å². The van der Waals surface area contributed by atoms with Crippen molar-refractivity contribution < 1.29 is 22.7 Å². The monoisotopic (exact) mass is 478 g/mol. The summed E-state index contributed by atoms with van der Waals surface area (Å²) in [6.45, 7) is 6.72. The number of hydrogen-bond donors (Lipinski definition) is 2. The minimum absolute atomic E-state index is 0.0891. The summed E-state index contributed by atoms with van der Waals surface area (Å²) >= 11 is 0. The van der Waals surface area contributed by atoms with Gasteiger partial charge < -0.3 is 15.0 Å². The van der Waals surface area contributed by atoms with Gasteiger partial charge in [-0.15, -0.1) is 0 Å². The molecule has 1 atom stereocenters. The van der Waals surface area contributed by atoms with Crippen LogP contribution in [0.5, 0.6) is 0 Å². The summed E-state index contributed by atoms with van der Waals surface area (Å²) in [4.78, 5) is 20.9. The maximum atomic E-state index is 15.2. The van der Waals surface area contributed by atoms with Crippen molar-refractivity contribution in [2.45, 2.75) is 70.6 Å². The molecule has 2 heterocycles. The van der Waals surface area contributed by atoms with Gasteiger partial charge in [-0.1, -0.05) is 12.1 Å². The number of nitrogens with zero attached hydrogens (tertiary/aromatic N) is 3. The number of pyridine rings is 1. The number of halogens is 4.